The number of allylic oxidation sites excluding steroid dienone is 1. The Kier molecular flexibility index (Phi) is 4.25. The SMILES string of the molecule is C[C@]12CCC(=O)C=C1C[C@@H](C(=O)C=O)[C@@H]1[C@@H]2[C@H](O)C[C@@]2(C)[C@H]1CC[C@@]21CCC(=O)O1. The first-order chi connectivity index (χ1) is 14.1. The maximum Gasteiger partial charge on any atom is 0.306 e. The van der Waals surface area contributed by atoms with Gasteiger partial charge in [-0.05, 0) is 67.8 Å². The number of hydrogen-bond acceptors (Lipinski definition) is 6. The van der Waals surface area contributed by atoms with Crippen molar-refractivity contribution in [2.75, 3.05) is 0 Å². The molecule has 1 heterocycles. The molecule has 0 bridgehead atoms. The van der Waals surface area contributed by atoms with Gasteiger partial charge in [-0.2, -0.15) is 0 Å². The number of aliphatic hydroxyl groups is 1. The summed E-state index contributed by atoms with van der Waals surface area (Å²) in [4.78, 5) is 48.5. The Morgan fingerprint density at radius 3 is 2.63 bits per heavy atom. The zero-order chi connectivity index (χ0) is 21.5. The van der Waals surface area contributed by atoms with Crippen LogP contribution in [0.3, 0.4) is 0 Å². The van der Waals surface area contributed by atoms with Crippen molar-refractivity contribution < 1.29 is 29.0 Å². The molecule has 30 heavy (non-hydrogen) atoms. The van der Waals surface area contributed by atoms with Crippen molar-refractivity contribution in [1.29, 1.82) is 0 Å². The van der Waals surface area contributed by atoms with Gasteiger partial charge >= 0.3 is 5.97 Å². The van der Waals surface area contributed by atoms with E-state index in [-0.39, 0.29) is 34.9 Å². The number of rotatable bonds is 2. The van der Waals surface area contributed by atoms with Gasteiger partial charge in [0.2, 0.25) is 0 Å². The zero-order valence-corrected chi connectivity index (χ0v) is 17.7. The minimum atomic E-state index is -0.672. The molecule has 5 aliphatic rings. The number of esters is 1. The first kappa shape index (κ1) is 20.1. The smallest absolute Gasteiger partial charge is 0.306 e. The number of ether oxygens (including phenoxy) is 1. The highest BCUT2D eigenvalue weighted by molar-refractivity contribution is 6.26. The van der Waals surface area contributed by atoms with Crippen LogP contribution in [0.5, 0.6) is 0 Å². The van der Waals surface area contributed by atoms with Gasteiger partial charge in [-0.1, -0.05) is 19.4 Å². The lowest BCUT2D eigenvalue weighted by atomic mass is 9.43. The summed E-state index contributed by atoms with van der Waals surface area (Å²) < 4.78 is 5.92. The maximum absolute atomic E-state index is 12.8. The minimum Gasteiger partial charge on any atom is -0.458 e. The van der Waals surface area contributed by atoms with Crippen molar-refractivity contribution in [3.63, 3.8) is 0 Å². The Balaban J connectivity index is 1.63. The Labute approximate surface area is 176 Å². The molecule has 6 nitrogen and oxygen atoms in total. The molecule has 1 spiro atoms. The van der Waals surface area contributed by atoms with Gasteiger partial charge in [-0.15, -0.1) is 0 Å². The van der Waals surface area contributed by atoms with E-state index in [1.807, 2.05) is 0 Å². The second-order valence-corrected chi connectivity index (χ2v) is 10.8. The van der Waals surface area contributed by atoms with Crippen LogP contribution >= 0.6 is 0 Å². The molecule has 0 aromatic heterocycles. The summed E-state index contributed by atoms with van der Waals surface area (Å²) in [5.74, 6) is -1.31. The van der Waals surface area contributed by atoms with E-state index >= 15 is 0 Å². The van der Waals surface area contributed by atoms with Crippen LogP contribution in [0.1, 0.15) is 65.2 Å². The molecule has 1 N–H and O–H groups in total. The van der Waals surface area contributed by atoms with E-state index in [4.69, 9.17) is 4.74 Å². The van der Waals surface area contributed by atoms with E-state index in [9.17, 15) is 24.3 Å². The lowest BCUT2D eigenvalue weighted by molar-refractivity contribution is -0.192. The van der Waals surface area contributed by atoms with Gasteiger partial charge in [0.15, 0.2) is 17.9 Å². The molecule has 0 aromatic rings. The Morgan fingerprint density at radius 1 is 1.20 bits per heavy atom. The highest BCUT2D eigenvalue weighted by atomic mass is 16.6. The molecule has 0 amide bonds. The van der Waals surface area contributed by atoms with Gasteiger partial charge in [0.05, 0.1) is 6.10 Å². The molecule has 6 heteroatoms. The normalized spacial score (nSPS) is 49.7. The molecule has 0 radical (unpaired) electrons. The molecule has 0 aromatic carbocycles. The number of ketones is 2. The summed E-state index contributed by atoms with van der Waals surface area (Å²) in [6.45, 7) is 4.24. The Morgan fingerprint density at radius 2 is 1.97 bits per heavy atom. The summed E-state index contributed by atoms with van der Waals surface area (Å²) in [5.41, 5.74) is -0.415. The van der Waals surface area contributed by atoms with Crippen LogP contribution in [0.4, 0.5) is 0 Å². The Hall–Kier alpha value is -1.82. The molecule has 4 aliphatic carbocycles. The molecule has 4 fully saturated rings. The van der Waals surface area contributed by atoms with Crippen molar-refractivity contribution >= 4 is 23.8 Å². The third-order valence-corrected chi connectivity index (χ3v) is 9.77. The highest BCUT2D eigenvalue weighted by Crippen LogP contribution is 2.70. The van der Waals surface area contributed by atoms with Crippen molar-refractivity contribution in [1.82, 2.24) is 0 Å². The first-order valence-electron chi connectivity index (χ1n) is 11.3. The van der Waals surface area contributed by atoms with Gasteiger partial charge in [-0.25, -0.2) is 0 Å². The quantitative estimate of drug-likeness (QED) is 0.424. The van der Waals surface area contributed by atoms with E-state index in [0.717, 1.165) is 18.4 Å². The van der Waals surface area contributed by atoms with Crippen LogP contribution in [0.15, 0.2) is 11.6 Å². The van der Waals surface area contributed by atoms with E-state index < -0.39 is 28.8 Å². The largest absolute Gasteiger partial charge is 0.458 e. The third kappa shape index (κ3) is 2.40. The first-order valence-corrected chi connectivity index (χ1v) is 11.3. The van der Waals surface area contributed by atoms with Crippen LogP contribution in [-0.2, 0) is 23.9 Å². The molecule has 1 aliphatic heterocycles. The van der Waals surface area contributed by atoms with Gasteiger partial charge in [0.25, 0.3) is 0 Å². The molecule has 8 atom stereocenters. The second-order valence-electron chi connectivity index (χ2n) is 10.8. The summed E-state index contributed by atoms with van der Waals surface area (Å²) in [7, 11) is 0. The summed E-state index contributed by atoms with van der Waals surface area (Å²) >= 11 is 0. The molecular weight excluding hydrogens is 384 g/mol. The van der Waals surface area contributed by atoms with Crippen molar-refractivity contribution in [3.05, 3.63) is 11.6 Å². The topological polar surface area (TPSA) is 97.7 Å². The van der Waals surface area contributed by atoms with Gasteiger partial charge in [0, 0.05) is 24.2 Å². The van der Waals surface area contributed by atoms with Crippen LogP contribution in [0.2, 0.25) is 0 Å². The van der Waals surface area contributed by atoms with E-state index in [0.29, 0.717) is 44.8 Å². The number of aldehydes is 1. The monoisotopic (exact) mass is 414 g/mol. The van der Waals surface area contributed by atoms with Gasteiger partial charge in [-0.3, -0.25) is 19.2 Å². The van der Waals surface area contributed by atoms with Crippen LogP contribution in [0.25, 0.3) is 0 Å². The number of Topliss-reactive ketones (excluding diaryl/α,β-unsaturated/α-hetero) is 1. The molecular formula is C24H30O6. The maximum atomic E-state index is 12.8. The number of carbonyl (C=O) groups is 4. The predicted octanol–water partition coefficient (Wildman–Crippen LogP) is 2.56. The summed E-state index contributed by atoms with van der Waals surface area (Å²) in [5, 5.41) is 11.5. The van der Waals surface area contributed by atoms with Gasteiger partial charge < -0.3 is 9.84 Å². The number of fused-ring (bicyclic) bond motifs is 6. The fourth-order valence-corrected chi connectivity index (χ4v) is 8.33. The lowest BCUT2D eigenvalue weighted by Crippen LogP contribution is -2.62. The lowest BCUT2D eigenvalue weighted by Gasteiger charge is -2.62. The van der Waals surface area contributed by atoms with E-state index in [1.54, 1.807) is 6.08 Å². The van der Waals surface area contributed by atoms with Crippen LogP contribution in [-0.4, -0.2) is 40.6 Å². The highest BCUT2D eigenvalue weighted by Gasteiger charge is 2.70. The standard InChI is InChI=1S/C24H30O6/c1-22-6-3-14(26)9-13(22)10-15(18(28)12-25)20-16-4-7-24(8-5-19(29)30-24)23(16,2)11-17(27)21(20)22/h9,12,15-17,20-21,27H,3-8,10-11H2,1-2H3/t15-,16-,17+,20-,21-,22-,23-,24+/m0/s1. The van der Waals surface area contributed by atoms with E-state index in [1.165, 1.54) is 0 Å². The van der Waals surface area contributed by atoms with Crippen molar-refractivity contribution in [3.8, 4) is 0 Å². The fourth-order valence-electron chi connectivity index (χ4n) is 8.33. The van der Waals surface area contributed by atoms with E-state index in [2.05, 4.69) is 13.8 Å². The predicted molar refractivity (Wildman–Crippen MR) is 106 cm³/mol. The van der Waals surface area contributed by atoms with Crippen LogP contribution in [0, 0.1) is 34.5 Å². The number of hydrogen-bond donors (Lipinski definition) is 1. The summed E-state index contributed by atoms with van der Waals surface area (Å²) in [6.07, 6.45) is 6.08. The van der Waals surface area contributed by atoms with Gasteiger partial charge in [0.1, 0.15) is 5.60 Å². The number of aliphatic hydroxyl groups excluding tert-OH is 1. The summed E-state index contributed by atoms with van der Waals surface area (Å²) in [6, 6.07) is 0. The second kappa shape index (κ2) is 6.35. The average molecular weight is 414 g/mol. The minimum absolute atomic E-state index is 0.0612. The molecule has 5 rings (SSSR count). The molecule has 162 valence electrons. The zero-order valence-electron chi connectivity index (χ0n) is 17.7. The average Bonchev–Trinajstić information content (AvgIpc) is 3.21. The Bertz CT molecular complexity index is 875. The fraction of sp³-hybridized carbons (Fsp3) is 0.750. The van der Waals surface area contributed by atoms with Crippen molar-refractivity contribution in [2.45, 2.75) is 76.9 Å². The van der Waals surface area contributed by atoms with Crippen LogP contribution < -0.4 is 0 Å². The molecule has 3 saturated carbocycles. The molecule has 0 unspecified atom stereocenters. The third-order valence-electron chi connectivity index (χ3n) is 9.77. The van der Waals surface area contributed by atoms with Crippen molar-refractivity contribution in [2.24, 2.45) is 34.5 Å². The molecule has 1 saturated heterocycles. The number of carbonyl (C=O) groups excluding carboxylic acids is 4.